The van der Waals surface area contributed by atoms with Crippen molar-refractivity contribution in [2.75, 3.05) is 21.2 Å². The third-order valence-corrected chi connectivity index (χ3v) is 2.37. The molecule has 0 aromatic carbocycles. The molecule has 0 bridgehead atoms. The molecule has 0 radical (unpaired) electrons. The van der Waals surface area contributed by atoms with Gasteiger partial charge in [0.1, 0.15) is 7.11 Å². The maximum atomic E-state index is 11.9. The number of pyridine rings is 1. The van der Waals surface area contributed by atoms with Crippen LogP contribution in [0.4, 0.5) is 0 Å². The van der Waals surface area contributed by atoms with Gasteiger partial charge >= 0.3 is 11.6 Å². The second-order valence-electron chi connectivity index (χ2n) is 4.17. The quantitative estimate of drug-likeness (QED) is 0.712. The van der Waals surface area contributed by atoms with Crippen LogP contribution in [0, 0.1) is 0 Å². The van der Waals surface area contributed by atoms with E-state index in [4.69, 9.17) is 4.84 Å². The lowest BCUT2D eigenvalue weighted by molar-refractivity contribution is -0.892. The van der Waals surface area contributed by atoms with Crippen molar-refractivity contribution in [1.29, 1.82) is 0 Å². The molecule has 4 heteroatoms. The van der Waals surface area contributed by atoms with Gasteiger partial charge in [0, 0.05) is 36.9 Å². The van der Waals surface area contributed by atoms with Crippen LogP contribution in [0.1, 0.15) is 35.9 Å². The summed E-state index contributed by atoms with van der Waals surface area (Å²) in [6.07, 6.45) is 0. The molecular weight excluding hydrogens is 204 g/mol. The fourth-order valence-electron chi connectivity index (χ4n) is 1.53. The van der Waals surface area contributed by atoms with Crippen LogP contribution in [0.2, 0.25) is 0 Å². The molecular formula is C12H19N2O2+. The zero-order chi connectivity index (χ0) is 12.3. The summed E-state index contributed by atoms with van der Waals surface area (Å²) in [6.45, 7) is 4.13. The van der Waals surface area contributed by atoms with E-state index >= 15 is 0 Å². The van der Waals surface area contributed by atoms with Crippen LogP contribution in [0.5, 0.6) is 0 Å². The van der Waals surface area contributed by atoms with Gasteiger partial charge in [0.15, 0.2) is 0 Å². The molecule has 0 aliphatic carbocycles. The van der Waals surface area contributed by atoms with Crippen molar-refractivity contribution in [2.45, 2.75) is 19.8 Å². The van der Waals surface area contributed by atoms with E-state index < -0.39 is 0 Å². The van der Waals surface area contributed by atoms with Gasteiger partial charge in [-0.2, -0.15) is 0 Å². The minimum absolute atomic E-state index is 0.0654. The number of carbonyl (C=O) groups excluding carboxylic acids is 1. The van der Waals surface area contributed by atoms with E-state index in [9.17, 15) is 4.79 Å². The predicted octanol–water partition coefficient (Wildman–Crippen LogP) is 0.858. The lowest BCUT2D eigenvalue weighted by Crippen LogP contribution is -2.51. The molecule has 0 fully saturated rings. The fourth-order valence-corrected chi connectivity index (χ4v) is 1.53. The van der Waals surface area contributed by atoms with E-state index in [2.05, 4.69) is 13.8 Å². The maximum Gasteiger partial charge on any atom is 0.323 e. The molecule has 0 aliphatic heterocycles. The first kappa shape index (κ1) is 12.5. The average Bonchev–Trinajstić information content (AvgIpc) is 2.26. The van der Waals surface area contributed by atoms with Gasteiger partial charge in [-0.3, -0.25) is 9.63 Å². The highest BCUT2D eigenvalue weighted by molar-refractivity contribution is 5.90. The molecule has 0 aliphatic rings. The van der Waals surface area contributed by atoms with Crippen LogP contribution in [0.3, 0.4) is 0 Å². The van der Waals surface area contributed by atoms with Crippen molar-refractivity contribution in [1.82, 2.24) is 4.90 Å². The summed E-state index contributed by atoms with van der Waals surface area (Å²) in [5.41, 5.74) is 1.52. The standard InChI is InChI=1S/C12H19N2O2/c1-9(2)10-7-6-8-11(14(10)16-5)12(15)13(3)4/h6-9H,1-5H3/q+1. The molecule has 1 amide bonds. The summed E-state index contributed by atoms with van der Waals surface area (Å²) >= 11 is 0. The molecule has 4 nitrogen and oxygen atoms in total. The van der Waals surface area contributed by atoms with Gasteiger partial charge in [0.2, 0.25) is 5.69 Å². The van der Waals surface area contributed by atoms with Gasteiger partial charge < -0.3 is 4.90 Å². The number of nitrogens with zero attached hydrogens (tertiary/aromatic N) is 2. The highest BCUT2D eigenvalue weighted by atomic mass is 16.6. The number of rotatable bonds is 3. The number of hydrogen-bond acceptors (Lipinski definition) is 2. The Morgan fingerprint density at radius 1 is 1.38 bits per heavy atom. The summed E-state index contributed by atoms with van der Waals surface area (Å²) in [6, 6.07) is 5.60. The lowest BCUT2D eigenvalue weighted by Gasteiger charge is -2.10. The minimum atomic E-state index is -0.0654. The van der Waals surface area contributed by atoms with Crippen LogP contribution in [-0.4, -0.2) is 32.0 Å². The van der Waals surface area contributed by atoms with Crippen molar-refractivity contribution in [2.24, 2.45) is 0 Å². The van der Waals surface area contributed by atoms with Crippen molar-refractivity contribution in [3.05, 3.63) is 29.6 Å². The SMILES string of the molecule is CO[n+]1c(C(=O)N(C)C)cccc1C(C)C. The van der Waals surface area contributed by atoms with Gasteiger partial charge in [0.25, 0.3) is 0 Å². The normalized spacial score (nSPS) is 10.4. The summed E-state index contributed by atoms with van der Waals surface area (Å²) in [5.74, 6) is 0.235. The molecule has 16 heavy (non-hydrogen) atoms. The van der Waals surface area contributed by atoms with Crippen LogP contribution in [-0.2, 0) is 0 Å². The fraction of sp³-hybridized carbons (Fsp3) is 0.500. The third kappa shape index (κ3) is 2.32. The first-order valence-corrected chi connectivity index (χ1v) is 5.30. The van der Waals surface area contributed by atoms with Crippen LogP contribution in [0.25, 0.3) is 0 Å². The minimum Gasteiger partial charge on any atom is -0.339 e. The Kier molecular flexibility index (Phi) is 3.88. The summed E-state index contributed by atoms with van der Waals surface area (Å²) in [7, 11) is 5.02. The summed E-state index contributed by atoms with van der Waals surface area (Å²) in [4.78, 5) is 18.7. The second kappa shape index (κ2) is 4.96. The van der Waals surface area contributed by atoms with E-state index in [1.165, 1.54) is 4.90 Å². The zero-order valence-corrected chi connectivity index (χ0v) is 10.5. The average molecular weight is 223 g/mol. The number of carbonyl (C=O) groups is 1. The molecule has 1 aromatic rings. The highest BCUT2D eigenvalue weighted by Gasteiger charge is 2.27. The zero-order valence-electron chi connectivity index (χ0n) is 10.5. The van der Waals surface area contributed by atoms with Gasteiger partial charge in [-0.05, 0) is 6.07 Å². The maximum absolute atomic E-state index is 11.9. The smallest absolute Gasteiger partial charge is 0.323 e. The lowest BCUT2D eigenvalue weighted by atomic mass is 10.1. The largest absolute Gasteiger partial charge is 0.339 e. The van der Waals surface area contributed by atoms with E-state index in [0.29, 0.717) is 11.6 Å². The second-order valence-corrected chi connectivity index (χ2v) is 4.17. The highest BCUT2D eigenvalue weighted by Crippen LogP contribution is 2.10. The van der Waals surface area contributed by atoms with Crippen molar-refractivity contribution in [3.63, 3.8) is 0 Å². The van der Waals surface area contributed by atoms with Crippen molar-refractivity contribution < 1.29 is 14.4 Å². The molecule has 0 N–H and O–H groups in total. The van der Waals surface area contributed by atoms with Gasteiger partial charge in [-0.25, -0.2) is 0 Å². The molecule has 0 saturated heterocycles. The van der Waals surface area contributed by atoms with Gasteiger partial charge in [0.05, 0.1) is 0 Å². The predicted molar refractivity (Wildman–Crippen MR) is 61.2 cm³/mol. The van der Waals surface area contributed by atoms with Crippen LogP contribution >= 0.6 is 0 Å². The number of aromatic nitrogens is 1. The molecule has 1 heterocycles. The van der Waals surface area contributed by atoms with E-state index in [-0.39, 0.29) is 5.91 Å². The molecule has 1 aromatic heterocycles. The van der Waals surface area contributed by atoms with E-state index in [1.807, 2.05) is 12.1 Å². The number of hydrogen-bond donors (Lipinski definition) is 0. The Morgan fingerprint density at radius 2 is 2.00 bits per heavy atom. The number of amides is 1. The van der Waals surface area contributed by atoms with Gasteiger partial charge in [-0.15, -0.1) is 0 Å². The van der Waals surface area contributed by atoms with E-state index in [0.717, 1.165) is 5.69 Å². The Bertz CT molecular complexity index is 387. The first-order chi connectivity index (χ1) is 7.49. The van der Waals surface area contributed by atoms with Crippen molar-refractivity contribution >= 4 is 5.91 Å². The van der Waals surface area contributed by atoms with Crippen LogP contribution < -0.4 is 9.57 Å². The Hall–Kier alpha value is -1.58. The Balaban J connectivity index is 3.29. The summed E-state index contributed by atoms with van der Waals surface area (Å²) < 4.78 is 1.59. The third-order valence-electron chi connectivity index (χ3n) is 2.37. The van der Waals surface area contributed by atoms with Gasteiger partial charge in [-0.1, -0.05) is 13.8 Å². The first-order valence-electron chi connectivity index (χ1n) is 5.30. The van der Waals surface area contributed by atoms with Crippen molar-refractivity contribution in [3.8, 4) is 0 Å². The molecule has 0 spiro atoms. The Morgan fingerprint density at radius 3 is 2.44 bits per heavy atom. The molecule has 0 atom stereocenters. The molecule has 88 valence electrons. The Labute approximate surface area is 96.4 Å². The topological polar surface area (TPSA) is 33.4 Å². The monoisotopic (exact) mass is 223 g/mol. The summed E-state index contributed by atoms with van der Waals surface area (Å²) in [5, 5.41) is 0. The molecule has 1 rings (SSSR count). The van der Waals surface area contributed by atoms with E-state index in [1.54, 1.807) is 32.0 Å². The molecule has 0 saturated carbocycles. The molecule has 0 unspecified atom stereocenters. The van der Waals surface area contributed by atoms with Crippen LogP contribution in [0.15, 0.2) is 18.2 Å².